The van der Waals surface area contributed by atoms with Crippen LogP contribution in [-0.4, -0.2) is 44.4 Å². The number of aromatic nitrogens is 2. The molecule has 0 spiro atoms. The van der Waals surface area contributed by atoms with Gasteiger partial charge in [-0.1, -0.05) is 50.1 Å². The van der Waals surface area contributed by atoms with E-state index < -0.39 is 23.5 Å². The molecule has 3 heterocycles. The van der Waals surface area contributed by atoms with Gasteiger partial charge in [-0.05, 0) is 42.7 Å². The van der Waals surface area contributed by atoms with E-state index in [0.717, 1.165) is 30.4 Å². The second kappa shape index (κ2) is 11.4. The predicted molar refractivity (Wildman–Crippen MR) is 143 cm³/mol. The number of rotatable bonds is 12. The van der Waals surface area contributed by atoms with Crippen LogP contribution in [0.4, 0.5) is 0 Å². The van der Waals surface area contributed by atoms with E-state index in [2.05, 4.69) is 11.9 Å². The Morgan fingerprint density at radius 2 is 1.89 bits per heavy atom. The van der Waals surface area contributed by atoms with Crippen LogP contribution in [0.3, 0.4) is 0 Å². The van der Waals surface area contributed by atoms with Crippen molar-refractivity contribution < 1.29 is 23.8 Å². The third-order valence-electron chi connectivity index (χ3n) is 6.78. The molecule has 5 rings (SSSR count). The highest BCUT2D eigenvalue weighted by Gasteiger charge is 2.44. The molecule has 0 unspecified atom stereocenters. The Morgan fingerprint density at radius 3 is 2.63 bits per heavy atom. The number of aliphatic hydroxyl groups excluding tert-OH is 1. The molecule has 4 aromatic rings. The van der Waals surface area contributed by atoms with Crippen LogP contribution in [0.25, 0.3) is 11.0 Å². The largest absolute Gasteiger partial charge is 0.503 e. The molecule has 1 amide bonds. The zero-order valence-corrected chi connectivity index (χ0v) is 21.4. The lowest BCUT2D eigenvalue weighted by Crippen LogP contribution is -2.32. The van der Waals surface area contributed by atoms with Crippen LogP contribution in [0.15, 0.2) is 89.1 Å². The molecule has 0 aliphatic carbocycles. The van der Waals surface area contributed by atoms with Crippen LogP contribution >= 0.6 is 0 Å². The number of unbranched alkanes of at least 4 members (excludes halogenated alkanes) is 2. The van der Waals surface area contributed by atoms with E-state index in [1.54, 1.807) is 29.6 Å². The van der Waals surface area contributed by atoms with E-state index in [9.17, 15) is 14.7 Å². The first-order chi connectivity index (χ1) is 18.6. The SMILES string of the molecule is CCCCCOc1ccc([C@H]2C(C(=O)c3cc4ccccc4o3)=C(O)C(=O)N2CCCn2ccnc2)cc1. The lowest BCUT2D eigenvalue weighted by molar-refractivity contribution is -0.129. The van der Waals surface area contributed by atoms with E-state index in [-0.39, 0.29) is 11.3 Å². The maximum atomic E-state index is 13.7. The van der Waals surface area contributed by atoms with Gasteiger partial charge in [-0.3, -0.25) is 9.59 Å². The Bertz CT molecular complexity index is 1400. The van der Waals surface area contributed by atoms with Crippen LogP contribution in [0, 0.1) is 0 Å². The van der Waals surface area contributed by atoms with Crippen molar-refractivity contribution in [1.82, 2.24) is 14.5 Å². The molecular weight excluding hydrogens is 482 g/mol. The molecular formula is C30H31N3O5. The summed E-state index contributed by atoms with van der Waals surface area (Å²) in [6.07, 6.45) is 9.10. The second-order valence-electron chi connectivity index (χ2n) is 9.42. The zero-order chi connectivity index (χ0) is 26.5. The van der Waals surface area contributed by atoms with Crippen molar-refractivity contribution in [2.24, 2.45) is 0 Å². The lowest BCUT2D eigenvalue weighted by atomic mass is 9.95. The molecule has 8 heteroatoms. The minimum atomic E-state index is -0.750. The number of imidazole rings is 1. The number of furan rings is 1. The van der Waals surface area contributed by atoms with Gasteiger partial charge in [0.25, 0.3) is 5.91 Å². The molecule has 38 heavy (non-hydrogen) atoms. The van der Waals surface area contributed by atoms with E-state index in [1.807, 2.05) is 53.2 Å². The third kappa shape index (κ3) is 5.20. The first-order valence-electron chi connectivity index (χ1n) is 13.0. The average molecular weight is 514 g/mol. The highest BCUT2D eigenvalue weighted by molar-refractivity contribution is 6.16. The van der Waals surface area contributed by atoms with Gasteiger partial charge in [0.1, 0.15) is 11.3 Å². The van der Waals surface area contributed by atoms with Gasteiger partial charge < -0.3 is 23.7 Å². The predicted octanol–water partition coefficient (Wildman–Crippen LogP) is 5.87. The molecule has 1 aliphatic heterocycles. The van der Waals surface area contributed by atoms with Gasteiger partial charge in [-0.15, -0.1) is 0 Å². The molecule has 1 atom stereocenters. The number of fused-ring (bicyclic) bond motifs is 1. The summed E-state index contributed by atoms with van der Waals surface area (Å²) in [6, 6.07) is 15.6. The smallest absolute Gasteiger partial charge is 0.290 e. The Labute approximate surface area is 221 Å². The number of carbonyl (C=O) groups excluding carboxylic acids is 2. The number of hydrogen-bond acceptors (Lipinski definition) is 6. The highest BCUT2D eigenvalue weighted by Crippen LogP contribution is 2.40. The Kier molecular flexibility index (Phi) is 7.58. The number of hydrogen-bond donors (Lipinski definition) is 1. The van der Waals surface area contributed by atoms with E-state index in [1.165, 1.54) is 0 Å². The maximum absolute atomic E-state index is 13.7. The molecule has 0 saturated heterocycles. The first kappa shape index (κ1) is 25.3. The molecule has 2 aromatic carbocycles. The van der Waals surface area contributed by atoms with Crippen LogP contribution in [0.2, 0.25) is 0 Å². The van der Waals surface area contributed by atoms with Gasteiger partial charge in [-0.25, -0.2) is 4.98 Å². The third-order valence-corrected chi connectivity index (χ3v) is 6.78. The fourth-order valence-electron chi connectivity index (χ4n) is 4.82. The van der Waals surface area contributed by atoms with Crippen LogP contribution < -0.4 is 4.74 Å². The molecule has 8 nitrogen and oxygen atoms in total. The lowest BCUT2D eigenvalue weighted by Gasteiger charge is -2.27. The van der Waals surface area contributed by atoms with Gasteiger partial charge in [-0.2, -0.15) is 0 Å². The summed E-state index contributed by atoms with van der Waals surface area (Å²) in [6.45, 7) is 3.77. The van der Waals surface area contributed by atoms with E-state index in [0.29, 0.717) is 37.3 Å². The summed E-state index contributed by atoms with van der Waals surface area (Å²) in [5.74, 6) is -0.807. The van der Waals surface area contributed by atoms with Crippen molar-refractivity contribution >= 4 is 22.7 Å². The molecule has 2 aromatic heterocycles. The van der Waals surface area contributed by atoms with E-state index >= 15 is 0 Å². The minimum Gasteiger partial charge on any atom is -0.503 e. The highest BCUT2D eigenvalue weighted by atomic mass is 16.5. The normalized spacial score (nSPS) is 15.6. The summed E-state index contributed by atoms with van der Waals surface area (Å²) in [5.41, 5.74) is 1.30. The Morgan fingerprint density at radius 1 is 1.08 bits per heavy atom. The summed E-state index contributed by atoms with van der Waals surface area (Å²) in [5, 5.41) is 11.7. The number of carbonyl (C=O) groups is 2. The number of aliphatic hydroxyl groups is 1. The molecule has 1 aliphatic rings. The molecule has 196 valence electrons. The number of Topliss-reactive ketones (excluding diaryl/α,β-unsaturated/α-hetero) is 1. The molecule has 0 saturated carbocycles. The second-order valence-corrected chi connectivity index (χ2v) is 9.42. The van der Waals surface area contributed by atoms with E-state index in [4.69, 9.17) is 9.15 Å². The van der Waals surface area contributed by atoms with Gasteiger partial charge in [0.2, 0.25) is 5.78 Å². The number of ether oxygens (including phenoxy) is 1. The van der Waals surface area contributed by atoms with Crippen LogP contribution in [0.5, 0.6) is 5.75 Å². The number of benzene rings is 2. The van der Waals surface area contributed by atoms with Gasteiger partial charge in [0.05, 0.1) is 24.5 Å². The Hall–Kier alpha value is -4.33. The van der Waals surface area contributed by atoms with Crippen molar-refractivity contribution in [2.75, 3.05) is 13.2 Å². The Balaban J connectivity index is 1.43. The summed E-state index contributed by atoms with van der Waals surface area (Å²) in [7, 11) is 0. The zero-order valence-electron chi connectivity index (χ0n) is 21.4. The van der Waals surface area contributed by atoms with Crippen LogP contribution in [0.1, 0.15) is 54.8 Å². The average Bonchev–Trinajstić information content (AvgIpc) is 3.67. The van der Waals surface area contributed by atoms with Gasteiger partial charge in [0.15, 0.2) is 11.5 Å². The maximum Gasteiger partial charge on any atom is 0.290 e. The number of amides is 1. The number of aryl methyl sites for hydroxylation is 1. The van der Waals surface area contributed by atoms with Gasteiger partial charge in [0, 0.05) is 30.9 Å². The standard InChI is InChI=1S/C30H31N3O5/c1-2-3-6-18-37-23-12-10-21(11-13-23)27-26(28(34)25-19-22-8-4-5-9-24(22)38-25)29(35)30(36)33(27)16-7-15-32-17-14-31-20-32/h4-5,8-14,17,19-20,27,35H,2-3,6-7,15-16,18H2,1H3/t27-/m0/s1. The summed E-state index contributed by atoms with van der Waals surface area (Å²) >= 11 is 0. The monoisotopic (exact) mass is 513 g/mol. The summed E-state index contributed by atoms with van der Waals surface area (Å²) in [4.78, 5) is 32.6. The molecule has 0 radical (unpaired) electrons. The van der Waals surface area contributed by atoms with Crippen LogP contribution in [-0.2, 0) is 11.3 Å². The minimum absolute atomic E-state index is 0.0216. The fraction of sp³-hybridized carbons (Fsp3) is 0.300. The topological polar surface area (TPSA) is 97.8 Å². The molecule has 0 fully saturated rings. The number of para-hydroxylation sites is 1. The van der Waals surface area contributed by atoms with Crippen molar-refractivity contribution in [3.05, 3.63) is 96.0 Å². The van der Waals surface area contributed by atoms with Crippen molar-refractivity contribution in [3.8, 4) is 5.75 Å². The number of nitrogens with zero attached hydrogens (tertiary/aromatic N) is 3. The quantitative estimate of drug-likeness (QED) is 0.188. The van der Waals surface area contributed by atoms with Crippen molar-refractivity contribution in [2.45, 2.75) is 45.2 Å². The summed E-state index contributed by atoms with van der Waals surface area (Å²) < 4.78 is 13.6. The fourth-order valence-corrected chi connectivity index (χ4v) is 4.82. The van der Waals surface area contributed by atoms with Crippen molar-refractivity contribution in [1.29, 1.82) is 0 Å². The van der Waals surface area contributed by atoms with Crippen molar-refractivity contribution in [3.63, 3.8) is 0 Å². The number of ketones is 1. The molecule has 1 N–H and O–H groups in total. The molecule has 0 bridgehead atoms. The first-order valence-corrected chi connectivity index (χ1v) is 13.0. The van der Waals surface area contributed by atoms with Gasteiger partial charge >= 0.3 is 0 Å².